The van der Waals surface area contributed by atoms with Gasteiger partial charge in [0.05, 0.1) is 16.6 Å². The zero-order chi connectivity index (χ0) is 43.8. The summed E-state index contributed by atoms with van der Waals surface area (Å²) in [5, 5.41) is 7.48. The molecular weight excluding hydrogens is 753 g/mol. The van der Waals surface area contributed by atoms with Crippen molar-refractivity contribution >= 4 is 71.1 Å². The summed E-state index contributed by atoms with van der Waals surface area (Å²) in [4.78, 5) is 11.7. The highest BCUT2D eigenvalue weighted by Crippen LogP contribution is 2.45. The molecule has 0 amide bonds. The van der Waals surface area contributed by atoms with Crippen LogP contribution in [0.2, 0.25) is 0 Å². The molecule has 4 nitrogen and oxygen atoms in total. The number of nitrogens with one attached hydrogen (secondary N) is 3. The van der Waals surface area contributed by atoms with Crippen LogP contribution in [0.5, 0.6) is 0 Å². The van der Waals surface area contributed by atoms with Crippen molar-refractivity contribution in [2.45, 2.75) is 105 Å². The van der Waals surface area contributed by atoms with Gasteiger partial charge in [-0.05, 0) is 146 Å². The van der Waals surface area contributed by atoms with Gasteiger partial charge in [-0.3, -0.25) is 0 Å². The zero-order valence-electron chi connectivity index (χ0n) is 38.5. The lowest BCUT2D eigenvalue weighted by atomic mass is 9.83. The maximum Gasteiger partial charge on any atom is 0.0544 e. The second kappa shape index (κ2) is 13.4. The fourth-order valence-electron chi connectivity index (χ4n) is 9.47. The van der Waals surface area contributed by atoms with E-state index in [0.717, 1.165) is 38.9 Å². The van der Waals surface area contributed by atoms with Crippen molar-refractivity contribution < 1.29 is 0 Å². The average molecular weight is 813 g/mol. The first-order valence-corrected chi connectivity index (χ1v) is 22.3. The summed E-state index contributed by atoms with van der Waals surface area (Å²) in [6, 6.07) is 43.7. The van der Waals surface area contributed by atoms with Crippen LogP contribution < -0.4 is 5.73 Å². The van der Waals surface area contributed by atoms with Crippen molar-refractivity contribution in [3.8, 4) is 33.4 Å². The topological polar surface area (TPSA) is 73.4 Å². The second-order valence-electron chi connectivity index (χ2n) is 22.1. The number of fused-ring (bicyclic) bond motifs is 9. The molecule has 0 unspecified atom stereocenters. The SMILES string of the molecule is CC(C)(C)c1ccc2[nH]c3c(-c4ccc5[nH]c6c(-c7ccc(N)cc7)cc(-c7cc(C(C)(C)C)cc8c7[nH]c7ccc(C(C)(C)C)cc78)cc6c5c4)cc(C(C)(C)C)cc3c2c1. The van der Waals surface area contributed by atoms with E-state index >= 15 is 0 Å². The summed E-state index contributed by atoms with van der Waals surface area (Å²) in [6.07, 6.45) is 0. The summed E-state index contributed by atoms with van der Waals surface area (Å²) < 4.78 is 0. The van der Waals surface area contributed by atoms with Gasteiger partial charge in [0.25, 0.3) is 0 Å². The molecule has 0 bridgehead atoms. The van der Waals surface area contributed by atoms with E-state index in [1.165, 1.54) is 87.9 Å². The molecule has 0 spiro atoms. The molecule has 7 aromatic carbocycles. The molecule has 0 aliphatic carbocycles. The molecule has 0 saturated heterocycles. The molecule has 3 aromatic heterocycles. The Morgan fingerprint density at radius 3 is 1.10 bits per heavy atom. The van der Waals surface area contributed by atoms with Gasteiger partial charge in [0, 0.05) is 71.2 Å². The molecule has 0 saturated carbocycles. The number of benzene rings is 7. The van der Waals surface area contributed by atoms with Gasteiger partial charge in [-0.25, -0.2) is 0 Å². The van der Waals surface area contributed by atoms with Crippen molar-refractivity contribution in [2.75, 3.05) is 5.73 Å². The van der Waals surface area contributed by atoms with Gasteiger partial charge in [0.2, 0.25) is 0 Å². The lowest BCUT2D eigenvalue weighted by molar-refractivity contribution is 0.590. The van der Waals surface area contributed by atoms with E-state index in [1.54, 1.807) is 0 Å². The quantitative estimate of drug-likeness (QED) is 0.132. The number of H-pyrrole nitrogens is 3. The van der Waals surface area contributed by atoms with Crippen LogP contribution in [0, 0.1) is 0 Å². The van der Waals surface area contributed by atoms with E-state index in [9.17, 15) is 0 Å². The van der Waals surface area contributed by atoms with E-state index in [1.807, 2.05) is 12.1 Å². The van der Waals surface area contributed by atoms with Crippen molar-refractivity contribution in [3.63, 3.8) is 0 Å². The van der Waals surface area contributed by atoms with Gasteiger partial charge < -0.3 is 20.7 Å². The van der Waals surface area contributed by atoms with Crippen molar-refractivity contribution in [2.24, 2.45) is 0 Å². The van der Waals surface area contributed by atoms with Crippen molar-refractivity contribution in [1.29, 1.82) is 0 Å². The van der Waals surface area contributed by atoms with Crippen LogP contribution in [-0.2, 0) is 21.7 Å². The monoisotopic (exact) mass is 812 g/mol. The van der Waals surface area contributed by atoms with Crippen LogP contribution in [0.25, 0.3) is 98.8 Å². The lowest BCUT2D eigenvalue weighted by Gasteiger charge is -2.21. The first kappa shape index (κ1) is 39.9. The van der Waals surface area contributed by atoms with Crippen LogP contribution in [0.4, 0.5) is 5.69 Å². The Labute approximate surface area is 365 Å². The van der Waals surface area contributed by atoms with E-state index in [2.05, 4.69) is 201 Å². The van der Waals surface area contributed by atoms with Gasteiger partial charge in [-0.2, -0.15) is 0 Å². The molecule has 0 aliphatic heterocycles. The van der Waals surface area contributed by atoms with Crippen molar-refractivity contribution in [3.05, 3.63) is 138 Å². The Hall–Kier alpha value is -6.26. The molecule has 0 aliphatic rings. The third-order valence-corrected chi connectivity index (χ3v) is 13.4. The summed E-state index contributed by atoms with van der Waals surface area (Å²) in [5.74, 6) is 0. The minimum atomic E-state index is -0.0579. The minimum absolute atomic E-state index is 0.0359. The minimum Gasteiger partial charge on any atom is -0.399 e. The summed E-state index contributed by atoms with van der Waals surface area (Å²) in [6.45, 7) is 27.7. The number of aromatic nitrogens is 3. The number of hydrogen-bond acceptors (Lipinski definition) is 1. The van der Waals surface area contributed by atoms with Gasteiger partial charge >= 0.3 is 0 Å². The molecule has 0 radical (unpaired) electrons. The Bertz CT molecular complexity index is 3430. The second-order valence-corrected chi connectivity index (χ2v) is 22.1. The maximum atomic E-state index is 6.28. The molecule has 312 valence electrons. The van der Waals surface area contributed by atoms with E-state index in [0.29, 0.717) is 0 Å². The first-order valence-electron chi connectivity index (χ1n) is 22.3. The van der Waals surface area contributed by atoms with E-state index in [-0.39, 0.29) is 21.7 Å². The van der Waals surface area contributed by atoms with Gasteiger partial charge in [0.1, 0.15) is 0 Å². The third-order valence-electron chi connectivity index (χ3n) is 13.4. The van der Waals surface area contributed by atoms with Crippen LogP contribution in [0.15, 0.2) is 115 Å². The highest BCUT2D eigenvalue weighted by molar-refractivity contribution is 6.18. The number of aromatic amines is 3. The van der Waals surface area contributed by atoms with Crippen LogP contribution in [0.3, 0.4) is 0 Å². The molecular formula is C58H60N4. The summed E-state index contributed by atoms with van der Waals surface area (Å²) in [7, 11) is 0. The number of rotatable bonds is 3. The smallest absolute Gasteiger partial charge is 0.0544 e. The lowest BCUT2D eigenvalue weighted by Crippen LogP contribution is -2.11. The highest BCUT2D eigenvalue weighted by Gasteiger charge is 2.25. The van der Waals surface area contributed by atoms with E-state index in [4.69, 9.17) is 5.73 Å². The van der Waals surface area contributed by atoms with Crippen molar-refractivity contribution in [1.82, 2.24) is 15.0 Å². The molecule has 10 rings (SSSR count). The Morgan fingerprint density at radius 2 is 0.645 bits per heavy atom. The normalized spacial score (nSPS) is 13.2. The Balaban J connectivity index is 1.26. The first-order chi connectivity index (χ1) is 29.1. The van der Waals surface area contributed by atoms with Gasteiger partial charge in [-0.1, -0.05) is 113 Å². The summed E-state index contributed by atoms with van der Waals surface area (Å²) >= 11 is 0. The highest BCUT2D eigenvalue weighted by atomic mass is 14.7. The molecule has 0 atom stereocenters. The molecule has 0 fully saturated rings. The van der Waals surface area contributed by atoms with E-state index < -0.39 is 0 Å². The average Bonchev–Trinajstić information content (AvgIpc) is 3.89. The zero-order valence-corrected chi connectivity index (χ0v) is 38.5. The van der Waals surface area contributed by atoms with Crippen LogP contribution in [-0.4, -0.2) is 15.0 Å². The Kier molecular flexibility index (Phi) is 8.59. The maximum absolute atomic E-state index is 6.28. The molecule has 10 aromatic rings. The fraction of sp³-hybridized carbons (Fsp3) is 0.276. The number of anilines is 1. The van der Waals surface area contributed by atoms with Crippen LogP contribution in [0.1, 0.15) is 105 Å². The fourth-order valence-corrected chi connectivity index (χ4v) is 9.47. The number of hydrogen-bond donors (Lipinski definition) is 4. The Morgan fingerprint density at radius 1 is 0.306 bits per heavy atom. The van der Waals surface area contributed by atoms with Crippen LogP contribution >= 0.6 is 0 Å². The van der Waals surface area contributed by atoms with Gasteiger partial charge in [-0.15, -0.1) is 0 Å². The molecule has 62 heavy (non-hydrogen) atoms. The predicted octanol–water partition coefficient (Wildman–Crippen LogP) is 16.4. The number of nitrogen functional groups attached to an aromatic ring is 1. The molecule has 5 N–H and O–H groups in total. The summed E-state index contributed by atoms with van der Waals surface area (Å²) in [5.41, 5.74) is 26.3. The number of nitrogens with two attached hydrogens (primary N) is 1. The third kappa shape index (κ3) is 6.58. The molecule has 4 heteroatoms. The predicted molar refractivity (Wildman–Crippen MR) is 270 cm³/mol. The molecule has 3 heterocycles. The van der Waals surface area contributed by atoms with Gasteiger partial charge in [0.15, 0.2) is 0 Å². The largest absolute Gasteiger partial charge is 0.399 e. The standard InChI is InChI=1S/C58H60N4/c1-55(2,3)35-16-21-50-44(26-35)47-30-37(57(7,8)9)28-41(53(47)61-50)33-15-20-49-43(23-33)46-25-34(24-40(52(46)60-49)32-13-18-39(59)19-14-32)42-29-38(58(10,11)12)31-48-45-27-36(56(4,5)6)17-22-51(45)62-54(42)48/h13-31,60-62H,59H2,1-12H3.